The second-order valence-electron chi connectivity index (χ2n) is 10.2. The Hall–Kier alpha value is -1.41. The van der Waals surface area contributed by atoms with E-state index in [1.54, 1.807) is 23.5 Å². The molecule has 0 aliphatic carbocycles. The molecule has 0 amide bonds. The first-order chi connectivity index (χ1) is 17.1. The third kappa shape index (κ3) is 12.2. The average molecular weight is 539 g/mol. The number of ketones is 1. The number of carbonyl (C=O) groups excluding carboxylic acids is 1. The maximum Gasteiger partial charge on any atom is 0.180 e. The van der Waals surface area contributed by atoms with Crippen LogP contribution in [0, 0.1) is 11.3 Å². The average Bonchev–Trinajstić information content (AvgIpc) is 2.86. The molecule has 204 valence electrons. The molecule has 0 radical (unpaired) electrons. The topological polar surface area (TPSA) is 91.7 Å². The molecule has 0 saturated carbocycles. The molecule has 5 nitrogen and oxygen atoms in total. The molecule has 1 aromatic rings. The van der Waals surface area contributed by atoms with Crippen LogP contribution in [-0.4, -0.2) is 33.4 Å². The van der Waals surface area contributed by atoms with E-state index in [0.717, 1.165) is 54.7 Å². The van der Waals surface area contributed by atoms with Crippen molar-refractivity contribution in [3.05, 3.63) is 54.1 Å². The number of unbranched alkanes of at least 4 members (excludes halogenated alkanes) is 2. The minimum Gasteiger partial charge on any atom is -0.396 e. The van der Waals surface area contributed by atoms with Crippen LogP contribution in [-0.2, 0) is 28.4 Å². The molecule has 2 N–H and O–H groups in total. The van der Waals surface area contributed by atoms with Crippen LogP contribution >= 0.6 is 11.3 Å². The van der Waals surface area contributed by atoms with Gasteiger partial charge in [-0.15, -0.1) is 11.3 Å². The Morgan fingerprint density at radius 2 is 1.47 bits per heavy atom. The van der Waals surface area contributed by atoms with Gasteiger partial charge in [0.25, 0.3) is 0 Å². The van der Waals surface area contributed by atoms with Crippen molar-refractivity contribution in [2.45, 2.75) is 98.8 Å². The number of allylic oxidation sites excluding steroid dienone is 4. The Balaban J connectivity index is 0.00000316. The van der Waals surface area contributed by atoms with Gasteiger partial charge in [-0.05, 0) is 87.0 Å². The van der Waals surface area contributed by atoms with E-state index in [-0.39, 0.29) is 29.8 Å². The van der Waals surface area contributed by atoms with Crippen LogP contribution in [0.3, 0.4) is 0 Å². The molecule has 1 aliphatic heterocycles. The van der Waals surface area contributed by atoms with E-state index in [2.05, 4.69) is 0 Å². The highest BCUT2D eigenvalue weighted by Crippen LogP contribution is 2.29. The SMILES string of the molecule is CC.CC(CO)CCCCc1cc(=O)cc(CCC2=CC(=O)C=C(CCCCC(C)(C)CO)S2=O)s1. The van der Waals surface area contributed by atoms with Gasteiger partial charge in [0.2, 0.25) is 0 Å². The predicted molar refractivity (Wildman–Crippen MR) is 153 cm³/mol. The van der Waals surface area contributed by atoms with Gasteiger partial charge in [0, 0.05) is 32.8 Å². The Labute approximate surface area is 224 Å². The lowest BCUT2D eigenvalue weighted by atomic mass is 9.88. The Bertz CT molecular complexity index is 959. The number of rotatable bonds is 15. The number of aliphatic hydroxyl groups is 2. The van der Waals surface area contributed by atoms with Crippen molar-refractivity contribution in [2.75, 3.05) is 13.2 Å². The van der Waals surface area contributed by atoms with Gasteiger partial charge >= 0.3 is 0 Å². The molecule has 2 rings (SSSR count). The lowest BCUT2D eigenvalue weighted by molar-refractivity contribution is -0.110. The van der Waals surface area contributed by atoms with Crippen molar-refractivity contribution in [3.63, 3.8) is 0 Å². The summed E-state index contributed by atoms with van der Waals surface area (Å²) in [6.07, 6.45) is 11.2. The summed E-state index contributed by atoms with van der Waals surface area (Å²) in [6, 6.07) is 3.35. The fraction of sp³-hybridized carbons (Fsp3) is 0.655. The second-order valence-corrected chi connectivity index (χ2v) is 13.0. The zero-order chi connectivity index (χ0) is 27.1. The van der Waals surface area contributed by atoms with Gasteiger partial charge < -0.3 is 10.2 Å². The number of aryl methyl sites for hydroxylation is 2. The Morgan fingerprint density at radius 1 is 0.889 bits per heavy atom. The van der Waals surface area contributed by atoms with Crippen molar-refractivity contribution < 1.29 is 19.2 Å². The highest BCUT2D eigenvalue weighted by Gasteiger charge is 2.21. The van der Waals surface area contributed by atoms with Crippen molar-refractivity contribution in [1.82, 2.24) is 0 Å². The molecule has 0 fully saturated rings. The van der Waals surface area contributed by atoms with Crippen molar-refractivity contribution in [3.8, 4) is 0 Å². The van der Waals surface area contributed by atoms with Gasteiger partial charge in [0.1, 0.15) is 0 Å². The maximum absolute atomic E-state index is 13.0. The first-order valence-corrected chi connectivity index (χ1v) is 15.3. The minimum atomic E-state index is -1.30. The summed E-state index contributed by atoms with van der Waals surface area (Å²) in [5.74, 6) is 0.197. The molecule has 1 aliphatic rings. The third-order valence-electron chi connectivity index (χ3n) is 6.21. The molecule has 2 unspecified atom stereocenters. The molecular formula is C29H46O5S2. The number of hydrogen-bond acceptors (Lipinski definition) is 6. The number of hydrogen-bond donors (Lipinski definition) is 2. The second kappa shape index (κ2) is 17.2. The molecule has 1 aromatic heterocycles. The highest BCUT2D eigenvalue weighted by molar-refractivity contribution is 7.93. The van der Waals surface area contributed by atoms with Crippen molar-refractivity contribution >= 4 is 27.9 Å². The van der Waals surface area contributed by atoms with E-state index in [1.165, 1.54) is 12.2 Å². The van der Waals surface area contributed by atoms with Gasteiger partial charge in [0.15, 0.2) is 11.2 Å². The molecule has 0 spiro atoms. The van der Waals surface area contributed by atoms with E-state index in [9.17, 15) is 18.9 Å². The predicted octanol–water partition coefficient (Wildman–Crippen LogP) is 6.09. The molecule has 0 aromatic carbocycles. The molecule has 2 heterocycles. The molecule has 7 heteroatoms. The van der Waals surface area contributed by atoms with Crippen LogP contribution < -0.4 is 5.43 Å². The summed E-state index contributed by atoms with van der Waals surface area (Å²) < 4.78 is 13.0. The molecule has 2 atom stereocenters. The summed E-state index contributed by atoms with van der Waals surface area (Å²) in [6.45, 7) is 10.4. The minimum absolute atomic E-state index is 0.00585. The van der Waals surface area contributed by atoms with E-state index < -0.39 is 10.8 Å². The molecule has 36 heavy (non-hydrogen) atoms. The summed E-state index contributed by atoms with van der Waals surface area (Å²) in [5.41, 5.74) is -0.122. The largest absolute Gasteiger partial charge is 0.396 e. The highest BCUT2D eigenvalue weighted by atomic mass is 32.2. The van der Waals surface area contributed by atoms with Crippen LogP contribution in [0.25, 0.3) is 0 Å². The Morgan fingerprint density at radius 3 is 2.08 bits per heavy atom. The van der Waals surface area contributed by atoms with Crippen LogP contribution in [0.2, 0.25) is 0 Å². The first kappa shape index (κ1) is 32.6. The standard InChI is InChI=1S/C27H40O5S2.C2H6/c1-20(18-28)8-4-5-9-23-14-21(30)15-24(33-23)11-12-26-17-22(31)16-25(34(26)32)10-6-7-13-27(2,3)19-29;1-2/h14-17,20,28-29H,4-13,18-19H2,1-3H3;1-2H3. The van der Waals surface area contributed by atoms with Gasteiger partial charge in [-0.1, -0.05) is 47.5 Å². The fourth-order valence-electron chi connectivity index (χ4n) is 3.91. The summed E-state index contributed by atoms with van der Waals surface area (Å²) in [7, 11) is -1.30. The molecule has 0 bridgehead atoms. The number of aliphatic hydroxyl groups excluding tert-OH is 2. The summed E-state index contributed by atoms with van der Waals surface area (Å²) in [4.78, 5) is 27.7. The van der Waals surface area contributed by atoms with Gasteiger partial charge in [-0.2, -0.15) is 0 Å². The van der Waals surface area contributed by atoms with Crippen molar-refractivity contribution in [2.24, 2.45) is 11.3 Å². The van der Waals surface area contributed by atoms with Crippen molar-refractivity contribution in [1.29, 1.82) is 0 Å². The van der Waals surface area contributed by atoms with Crippen LogP contribution in [0.1, 0.15) is 95.7 Å². The van der Waals surface area contributed by atoms with Crippen LogP contribution in [0.5, 0.6) is 0 Å². The number of carbonyl (C=O) groups is 1. The monoisotopic (exact) mass is 538 g/mol. The third-order valence-corrected chi connectivity index (χ3v) is 8.97. The smallest absolute Gasteiger partial charge is 0.180 e. The van der Waals surface area contributed by atoms with Crippen LogP contribution in [0.15, 0.2) is 38.9 Å². The zero-order valence-electron chi connectivity index (χ0n) is 22.8. The molecular weight excluding hydrogens is 492 g/mol. The van der Waals surface area contributed by atoms with E-state index in [0.29, 0.717) is 35.0 Å². The summed E-state index contributed by atoms with van der Waals surface area (Å²) in [5, 5.41) is 18.5. The lowest BCUT2D eigenvalue weighted by Crippen LogP contribution is -2.16. The molecule has 0 saturated heterocycles. The van der Waals surface area contributed by atoms with Gasteiger partial charge in [-0.3, -0.25) is 9.59 Å². The normalized spacial score (nSPS) is 16.6. The van der Waals surface area contributed by atoms with E-state index in [4.69, 9.17) is 5.11 Å². The fourth-order valence-corrected chi connectivity index (χ4v) is 6.45. The Kier molecular flexibility index (Phi) is 15.6. The van der Waals surface area contributed by atoms with Crippen LogP contribution in [0.4, 0.5) is 0 Å². The van der Waals surface area contributed by atoms with Gasteiger partial charge in [0.05, 0.1) is 10.8 Å². The quantitative estimate of drug-likeness (QED) is 0.264. The lowest BCUT2D eigenvalue weighted by Gasteiger charge is -2.21. The summed E-state index contributed by atoms with van der Waals surface area (Å²) >= 11 is 1.62. The van der Waals surface area contributed by atoms with Gasteiger partial charge in [-0.25, -0.2) is 4.21 Å². The van der Waals surface area contributed by atoms with E-state index >= 15 is 0 Å². The van der Waals surface area contributed by atoms with E-state index in [1.807, 2.05) is 34.6 Å². The maximum atomic E-state index is 13.0. The zero-order valence-corrected chi connectivity index (χ0v) is 24.4. The first-order valence-electron chi connectivity index (χ1n) is 13.3.